The van der Waals surface area contributed by atoms with Gasteiger partial charge in [0.15, 0.2) is 11.1 Å². The predicted molar refractivity (Wildman–Crippen MR) is 115 cm³/mol. The minimum Gasteiger partial charge on any atom is -0.381 e. The van der Waals surface area contributed by atoms with Gasteiger partial charge in [0.2, 0.25) is 11.8 Å². The molecule has 4 atom stereocenters. The van der Waals surface area contributed by atoms with Crippen LogP contribution in [0, 0.1) is 11.8 Å². The molecule has 4 unspecified atom stereocenters. The van der Waals surface area contributed by atoms with Crippen LogP contribution in [0.2, 0.25) is 0 Å². The van der Waals surface area contributed by atoms with E-state index >= 15 is 0 Å². The van der Waals surface area contributed by atoms with Crippen molar-refractivity contribution < 1.29 is 31.9 Å². The molecule has 0 spiro atoms. The van der Waals surface area contributed by atoms with Gasteiger partial charge < -0.3 is 19.9 Å². The van der Waals surface area contributed by atoms with Crippen molar-refractivity contribution in [1.82, 2.24) is 10.6 Å². The molecule has 0 saturated carbocycles. The topological polar surface area (TPSA) is 105 Å². The minimum atomic E-state index is -2.70. The molecule has 32 heavy (non-hydrogen) atoms. The van der Waals surface area contributed by atoms with E-state index in [-0.39, 0.29) is 29.0 Å². The molecular formula is C22H26F2N2O5S. The lowest BCUT2D eigenvalue weighted by atomic mass is 9.91. The van der Waals surface area contributed by atoms with Crippen molar-refractivity contribution in [2.45, 2.75) is 31.4 Å². The second-order valence-electron chi connectivity index (χ2n) is 7.89. The Morgan fingerprint density at radius 3 is 2.69 bits per heavy atom. The summed E-state index contributed by atoms with van der Waals surface area (Å²) in [4.78, 5) is 25.1. The van der Waals surface area contributed by atoms with Crippen LogP contribution in [0.15, 0.2) is 47.7 Å². The Bertz CT molecular complexity index is 944. The van der Waals surface area contributed by atoms with Gasteiger partial charge >= 0.3 is 0 Å². The number of alkyl halides is 2. The molecule has 3 N–H and O–H groups in total. The molecule has 1 aromatic carbocycles. The van der Waals surface area contributed by atoms with Gasteiger partial charge in [-0.3, -0.25) is 9.59 Å². The summed E-state index contributed by atoms with van der Waals surface area (Å²) >= 11 is -2.37. The van der Waals surface area contributed by atoms with Crippen LogP contribution in [-0.4, -0.2) is 45.6 Å². The molecule has 3 rings (SSSR count). The van der Waals surface area contributed by atoms with Gasteiger partial charge in [-0.15, -0.1) is 0 Å². The SMILES string of the molecule is CC1C(NC(=O)Cc2ccccc2C(F)F)=CC=C(C(=O)NCC2CCOC2)C1S(=O)O. The van der Waals surface area contributed by atoms with E-state index in [1.165, 1.54) is 30.4 Å². The molecule has 174 valence electrons. The van der Waals surface area contributed by atoms with Gasteiger partial charge in [0, 0.05) is 41.8 Å². The highest BCUT2D eigenvalue weighted by Gasteiger charge is 2.36. The van der Waals surface area contributed by atoms with Crippen molar-refractivity contribution in [2.75, 3.05) is 19.8 Å². The summed E-state index contributed by atoms with van der Waals surface area (Å²) in [7, 11) is 0. The number of allylic oxidation sites excluding steroid dienone is 3. The van der Waals surface area contributed by atoms with Crippen LogP contribution < -0.4 is 10.6 Å². The van der Waals surface area contributed by atoms with E-state index in [4.69, 9.17) is 4.74 Å². The number of halogens is 2. The van der Waals surface area contributed by atoms with Gasteiger partial charge in [0.25, 0.3) is 6.43 Å². The van der Waals surface area contributed by atoms with Crippen LogP contribution >= 0.6 is 0 Å². The van der Waals surface area contributed by atoms with E-state index in [9.17, 15) is 27.1 Å². The maximum Gasteiger partial charge on any atom is 0.264 e. The standard InChI is InChI=1S/C22H26F2N2O5S/c1-13-18(26-19(27)10-15-4-2-3-5-16(15)21(23)24)7-6-17(20(13)32(29)30)22(28)25-11-14-8-9-31-12-14/h2-7,13-14,20-21H,8-12H2,1H3,(H,25,28)(H,26,27)(H,29,30). The first-order chi connectivity index (χ1) is 15.3. The zero-order chi connectivity index (χ0) is 23.3. The number of benzene rings is 1. The van der Waals surface area contributed by atoms with E-state index in [0.29, 0.717) is 25.5 Å². The largest absolute Gasteiger partial charge is 0.381 e. The van der Waals surface area contributed by atoms with Crippen molar-refractivity contribution in [3.05, 3.63) is 58.8 Å². The molecule has 1 heterocycles. The Morgan fingerprint density at radius 2 is 2.03 bits per heavy atom. The highest BCUT2D eigenvalue weighted by atomic mass is 32.2. The normalized spacial score (nSPS) is 24.0. The molecule has 1 aliphatic heterocycles. The number of carbonyl (C=O) groups is 2. The number of hydrogen-bond acceptors (Lipinski definition) is 4. The number of ether oxygens (including phenoxy) is 1. The number of nitrogens with one attached hydrogen (secondary N) is 2. The lowest BCUT2D eigenvalue weighted by Crippen LogP contribution is -2.42. The molecule has 1 aliphatic carbocycles. The second-order valence-corrected chi connectivity index (χ2v) is 8.95. The molecule has 7 nitrogen and oxygen atoms in total. The van der Waals surface area contributed by atoms with Gasteiger partial charge in [-0.25, -0.2) is 13.0 Å². The lowest BCUT2D eigenvalue weighted by molar-refractivity contribution is -0.120. The smallest absolute Gasteiger partial charge is 0.264 e. The van der Waals surface area contributed by atoms with Crippen LogP contribution in [0.1, 0.15) is 30.9 Å². The molecule has 0 radical (unpaired) electrons. The predicted octanol–water partition coefficient (Wildman–Crippen LogP) is 2.49. The van der Waals surface area contributed by atoms with Gasteiger partial charge in [0.05, 0.1) is 18.3 Å². The highest BCUT2D eigenvalue weighted by molar-refractivity contribution is 7.80. The number of hydrogen-bond donors (Lipinski definition) is 3. The molecule has 1 saturated heterocycles. The molecular weight excluding hydrogens is 442 g/mol. The summed E-state index contributed by atoms with van der Waals surface area (Å²) in [6.45, 7) is 3.25. The van der Waals surface area contributed by atoms with Crippen LogP contribution in [0.3, 0.4) is 0 Å². The van der Waals surface area contributed by atoms with E-state index in [1.54, 1.807) is 13.0 Å². The zero-order valence-corrected chi connectivity index (χ0v) is 18.4. The first kappa shape index (κ1) is 24.2. The maximum atomic E-state index is 13.2. The number of rotatable bonds is 8. The molecule has 1 aromatic rings. The molecule has 0 aromatic heterocycles. The number of carbonyl (C=O) groups excluding carboxylic acids is 2. The van der Waals surface area contributed by atoms with Crippen molar-refractivity contribution >= 4 is 22.9 Å². The van der Waals surface area contributed by atoms with Crippen LogP contribution in [0.4, 0.5) is 8.78 Å². The molecule has 10 heteroatoms. The Balaban J connectivity index is 1.70. The minimum absolute atomic E-state index is 0.151. The monoisotopic (exact) mass is 468 g/mol. The van der Waals surface area contributed by atoms with Crippen LogP contribution in [0.25, 0.3) is 0 Å². The lowest BCUT2D eigenvalue weighted by Gasteiger charge is -2.29. The number of amides is 2. The fourth-order valence-electron chi connectivity index (χ4n) is 3.87. The second kappa shape index (κ2) is 10.9. The fraction of sp³-hybridized carbons (Fsp3) is 0.455. The van der Waals surface area contributed by atoms with Gasteiger partial charge in [-0.1, -0.05) is 37.3 Å². The third kappa shape index (κ3) is 5.87. The fourth-order valence-corrected chi connectivity index (χ4v) is 4.77. The average molecular weight is 469 g/mol. The quantitative estimate of drug-likeness (QED) is 0.509. The zero-order valence-electron chi connectivity index (χ0n) is 17.6. The van der Waals surface area contributed by atoms with Gasteiger partial charge in [0.1, 0.15) is 0 Å². The molecule has 0 bridgehead atoms. The van der Waals surface area contributed by atoms with Crippen molar-refractivity contribution in [3.8, 4) is 0 Å². The van der Waals surface area contributed by atoms with Gasteiger partial charge in [-0.05, 0) is 18.1 Å². The Labute approximate surface area is 187 Å². The van der Waals surface area contributed by atoms with E-state index in [2.05, 4.69) is 10.6 Å². The first-order valence-corrected chi connectivity index (χ1v) is 11.5. The third-order valence-electron chi connectivity index (χ3n) is 5.67. The molecule has 2 aliphatic rings. The van der Waals surface area contributed by atoms with Crippen molar-refractivity contribution in [1.29, 1.82) is 0 Å². The van der Waals surface area contributed by atoms with E-state index in [1.807, 2.05) is 0 Å². The maximum absolute atomic E-state index is 13.2. The highest BCUT2D eigenvalue weighted by Crippen LogP contribution is 2.29. The molecule has 2 amide bonds. The third-order valence-corrected chi connectivity index (χ3v) is 6.77. The van der Waals surface area contributed by atoms with Crippen molar-refractivity contribution in [2.24, 2.45) is 11.8 Å². The van der Waals surface area contributed by atoms with E-state index < -0.39 is 40.5 Å². The van der Waals surface area contributed by atoms with Gasteiger partial charge in [-0.2, -0.15) is 0 Å². The van der Waals surface area contributed by atoms with E-state index in [0.717, 1.165) is 6.42 Å². The summed E-state index contributed by atoms with van der Waals surface area (Å²) in [5, 5.41) is 4.39. The van der Waals surface area contributed by atoms with Crippen LogP contribution in [0.5, 0.6) is 0 Å². The Hall–Kier alpha value is -2.43. The van der Waals surface area contributed by atoms with Crippen LogP contribution in [-0.2, 0) is 31.8 Å². The summed E-state index contributed by atoms with van der Waals surface area (Å²) in [6, 6.07) is 5.79. The summed E-state index contributed by atoms with van der Waals surface area (Å²) < 4.78 is 53.5. The average Bonchev–Trinajstić information content (AvgIpc) is 3.27. The summed E-state index contributed by atoms with van der Waals surface area (Å²) in [5.74, 6) is -1.40. The first-order valence-electron chi connectivity index (χ1n) is 10.3. The Morgan fingerprint density at radius 1 is 1.28 bits per heavy atom. The van der Waals surface area contributed by atoms with Crippen molar-refractivity contribution in [3.63, 3.8) is 0 Å². The Kier molecular flexibility index (Phi) is 8.27. The summed E-state index contributed by atoms with van der Waals surface area (Å²) in [5.41, 5.74) is 0.489. The molecule has 1 fully saturated rings. The summed E-state index contributed by atoms with van der Waals surface area (Å²) in [6.07, 6.45) is 0.807.